The number of hydrazine groups is 1. The molecule has 3 rings (SSSR count). The van der Waals surface area contributed by atoms with Gasteiger partial charge >= 0.3 is 0 Å². The summed E-state index contributed by atoms with van der Waals surface area (Å²) in [5, 5.41) is 0. The fourth-order valence-electron chi connectivity index (χ4n) is 2.69. The van der Waals surface area contributed by atoms with Crippen molar-refractivity contribution < 1.29 is 14.0 Å². The predicted molar refractivity (Wildman–Crippen MR) is 98.6 cm³/mol. The van der Waals surface area contributed by atoms with Crippen molar-refractivity contribution in [3.05, 3.63) is 84.2 Å². The van der Waals surface area contributed by atoms with Crippen LogP contribution in [-0.4, -0.2) is 21.4 Å². The number of imidazole rings is 1. The van der Waals surface area contributed by atoms with Gasteiger partial charge in [-0.1, -0.05) is 37.3 Å². The van der Waals surface area contributed by atoms with Gasteiger partial charge in [-0.3, -0.25) is 25.0 Å². The topological polar surface area (TPSA) is 76.0 Å². The number of benzene rings is 2. The molecule has 0 spiro atoms. The zero-order chi connectivity index (χ0) is 19.2. The van der Waals surface area contributed by atoms with Crippen molar-refractivity contribution in [2.45, 2.75) is 19.3 Å². The molecule has 0 unspecified atom stereocenters. The zero-order valence-electron chi connectivity index (χ0n) is 14.7. The van der Waals surface area contributed by atoms with Gasteiger partial charge in [0.25, 0.3) is 5.91 Å². The van der Waals surface area contributed by atoms with Crippen molar-refractivity contribution in [3.63, 3.8) is 0 Å². The van der Waals surface area contributed by atoms with Crippen molar-refractivity contribution in [2.24, 2.45) is 0 Å². The molecule has 0 radical (unpaired) electrons. The summed E-state index contributed by atoms with van der Waals surface area (Å²) in [7, 11) is 0. The van der Waals surface area contributed by atoms with Crippen molar-refractivity contribution in [1.82, 2.24) is 20.4 Å². The second-order valence-corrected chi connectivity index (χ2v) is 6.14. The Kier molecular flexibility index (Phi) is 5.61. The summed E-state index contributed by atoms with van der Waals surface area (Å²) < 4.78 is 14.6. The van der Waals surface area contributed by atoms with E-state index in [0.29, 0.717) is 5.69 Å². The van der Waals surface area contributed by atoms with Gasteiger partial charge in [0.1, 0.15) is 11.5 Å². The van der Waals surface area contributed by atoms with Crippen molar-refractivity contribution in [1.29, 1.82) is 0 Å². The summed E-state index contributed by atoms with van der Waals surface area (Å²) in [4.78, 5) is 28.4. The number of halogens is 1. The highest BCUT2D eigenvalue weighted by Crippen LogP contribution is 2.18. The zero-order valence-corrected chi connectivity index (χ0v) is 14.7. The lowest BCUT2D eigenvalue weighted by Crippen LogP contribution is -2.42. The summed E-state index contributed by atoms with van der Waals surface area (Å²) in [5.41, 5.74) is 6.67. The van der Waals surface area contributed by atoms with Gasteiger partial charge in [0.2, 0.25) is 5.91 Å². The van der Waals surface area contributed by atoms with Gasteiger partial charge in [0.15, 0.2) is 0 Å². The smallest absolute Gasteiger partial charge is 0.288 e. The molecular formula is C20H19FN4O2. The highest BCUT2D eigenvalue weighted by Gasteiger charge is 2.15. The standard InChI is InChI=1S/C20H19FN4O2/c1-14(15-5-3-2-4-6-15)11-19(26)23-24-20(27)18-12-22-13-25(18)17-9-7-16(21)8-10-17/h2-10,12-14H,11H2,1H3,(H,23,26)(H,24,27)/t14-/m1/s1. The number of hydrogen-bond donors (Lipinski definition) is 2. The summed E-state index contributed by atoms with van der Waals surface area (Å²) in [6.07, 6.45) is 3.06. The largest absolute Gasteiger partial charge is 0.295 e. The molecule has 2 N–H and O–H groups in total. The Labute approximate surface area is 156 Å². The monoisotopic (exact) mass is 366 g/mol. The van der Waals surface area contributed by atoms with E-state index in [1.165, 1.54) is 41.4 Å². The highest BCUT2D eigenvalue weighted by atomic mass is 19.1. The molecule has 0 aliphatic rings. The molecule has 2 aromatic carbocycles. The molecule has 0 fully saturated rings. The first-order chi connectivity index (χ1) is 13.0. The molecule has 0 aliphatic carbocycles. The summed E-state index contributed by atoms with van der Waals surface area (Å²) in [6.45, 7) is 1.94. The van der Waals surface area contributed by atoms with Crippen LogP contribution in [-0.2, 0) is 4.79 Å². The third-order valence-electron chi connectivity index (χ3n) is 4.15. The van der Waals surface area contributed by atoms with E-state index in [9.17, 15) is 14.0 Å². The Bertz CT molecular complexity index is 923. The Morgan fingerprint density at radius 2 is 1.78 bits per heavy atom. The second-order valence-electron chi connectivity index (χ2n) is 6.14. The van der Waals surface area contributed by atoms with E-state index in [4.69, 9.17) is 0 Å². The first-order valence-electron chi connectivity index (χ1n) is 8.47. The minimum atomic E-state index is -0.516. The van der Waals surface area contributed by atoms with Crippen LogP contribution in [0.3, 0.4) is 0 Å². The summed E-state index contributed by atoms with van der Waals surface area (Å²) in [5.74, 6) is -1.16. The molecular weight excluding hydrogens is 347 g/mol. The van der Waals surface area contributed by atoms with Crippen LogP contribution in [0.5, 0.6) is 0 Å². The van der Waals surface area contributed by atoms with Crippen LogP contribution in [0.15, 0.2) is 67.1 Å². The third kappa shape index (κ3) is 4.58. The van der Waals surface area contributed by atoms with Gasteiger partial charge in [-0.05, 0) is 35.7 Å². The number of rotatable bonds is 5. The summed E-state index contributed by atoms with van der Waals surface area (Å²) >= 11 is 0. The number of aromatic nitrogens is 2. The average molecular weight is 366 g/mol. The number of carbonyl (C=O) groups excluding carboxylic acids is 2. The molecule has 7 heteroatoms. The van der Waals surface area contributed by atoms with Gasteiger partial charge in [0, 0.05) is 12.1 Å². The number of nitrogens with zero attached hydrogens (tertiary/aromatic N) is 2. The van der Waals surface area contributed by atoms with E-state index < -0.39 is 5.91 Å². The predicted octanol–water partition coefficient (Wildman–Crippen LogP) is 2.97. The van der Waals surface area contributed by atoms with Crippen molar-refractivity contribution >= 4 is 11.8 Å². The fourth-order valence-corrected chi connectivity index (χ4v) is 2.69. The first-order valence-corrected chi connectivity index (χ1v) is 8.47. The Morgan fingerprint density at radius 3 is 2.48 bits per heavy atom. The van der Waals surface area contributed by atoms with E-state index in [2.05, 4.69) is 15.8 Å². The molecule has 1 aromatic heterocycles. The molecule has 0 saturated carbocycles. The molecule has 1 heterocycles. The third-order valence-corrected chi connectivity index (χ3v) is 4.15. The Morgan fingerprint density at radius 1 is 1.07 bits per heavy atom. The minimum absolute atomic E-state index is 0.0212. The fraction of sp³-hybridized carbons (Fsp3) is 0.150. The molecule has 3 aromatic rings. The van der Waals surface area contributed by atoms with Crippen molar-refractivity contribution in [3.8, 4) is 5.69 Å². The van der Waals surface area contributed by atoms with Gasteiger partial charge < -0.3 is 0 Å². The van der Waals surface area contributed by atoms with E-state index in [0.717, 1.165) is 5.56 Å². The SMILES string of the molecule is C[C@H](CC(=O)NNC(=O)c1cncn1-c1ccc(F)cc1)c1ccccc1. The van der Waals surface area contributed by atoms with Crippen LogP contribution in [0.4, 0.5) is 4.39 Å². The van der Waals surface area contributed by atoms with E-state index >= 15 is 0 Å². The van der Waals surface area contributed by atoms with Gasteiger partial charge in [-0.15, -0.1) is 0 Å². The molecule has 2 amide bonds. The molecule has 1 atom stereocenters. The van der Waals surface area contributed by atoms with Crippen LogP contribution in [0.1, 0.15) is 35.3 Å². The molecule has 0 bridgehead atoms. The highest BCUT2D eigenvalue weighted by molar-refractivity contribution is 5.94. The number of amides is 2. The molecule has 6 nitrogen and oxygen atoms in total. The number of nitrogens with one attached hydrogen (secondary N) is 2. The van der Waals surface area contributed by atoms with Crippen LogP contribution < -0.4 is 10.9 Å². The van der Waals surface area contributed by atoms with Gasteiger partial charge in [0.05, 0.1) is 12.5 Å². The number of carbonyl (C=O) groups is 2. The lowest BCUT2D eigenvalue weighted by molar-refractivity contribution is -0.122. The first kappa shape index (κ1) is 18.3. The average Bonchev–Trinajstić information content (AvgIpc) is 3.17. The van der Waals surface area contributed by atoms with Crippen LogP contribution in [0.2, 0.25) is 0 Å². The van der Waals surface area contributed by atoms with E-state index in [1.54, 1.807) is 0 Å². The lowest BCUT2D eigenvalue weighted by atomic mass is 9.98. The molecule has 0 saturated heterocycles. The maximum absolute atomic E-state index is 13.1. The summed E-state index contributed by atoms with van der Waals surface area (Å²) in [6, 6.07) is 15.3. The van der Waals surface area contributed by atoms with Crippen LogP contribution in [0, 0.1) is 5.82 Å². The lowest BCUT2D eigenvalue weighted by Gasteiger charge is -2.13. The maximum Gasteiger partial charge on any atom is 0.288 e. The molecule has 27 heavy (non-hydrogen) atoms. The molecule has 0 aliphatic heterocycles. The Balaban J connectivity index is 1.59. The van der Waals surface area contributed by atoms with E-state index in [-0.39, 0.29) is 29.8 Å². The Hall–Kier alpha value is -3.48. The van der Waals surface area contributed by atoms with Gasteiger partial charge in [-0.2, -0.15) is 0 Å². The van der Waals surface area contributed by atoms with Crippen LogP contribution >= 0.6 is 0 Å². The van der Waals surface area contributed by atoms with Crippen molar-refractivity contribution in [2.75, 3.05) is 0 Å². The van der Waals surface area contributed by atoms with Crippen LogP contribution in [0.25, 0.3) is 5.69 Å². The van der Waals surface area contributed by atoms with Gasteiger partial charge in [-0.25, -0.2) is 9.37 Å². The second kappa shape index (κ2) is 8.27. The number of hydrogen-bond acceptors (Lipinski definition) is 3. The maximum atomic E-state index is 13.1. The van der Waals surface area contributed by atoms with E-state index in [1.807, 2.05) is 37.3 Å². The minimum Gasteiger partial charge on any atom is -0.295 e. The normalized spacial score (nSPS) is 11.6. The quantitative estimate of drug-likeness (QED) is 0.682. The molecule has 138 valence electrons.